The van der Waals surface area contributed by atoms with E-state index in [1.807, 2.05) is 47.8 Å². The van der Waals surface area contributed by atoms with Gasteiger partial charge >= 0.3 is 0 Å². The second-order valence-corrected chi connectivity index (χ2v) is 8.58. The number of hydrogen-bond donors (Lipinski definition) is 4. The number of hydrazine groups is 1. The number of hydrogen-bond acceptors (Lipinski definition) is 5. The van der Waals surface area contributed by atoms with Crippen LogP contribution in [0, 0.1) is 10.5 Å². The zero-order valence-corrected chi connectivity index (χ0v) is 20.2. The van der Waals surface area contributed by atoms with Crippen molar-refractivity contribution in [3.63, 3.8) is 0 Å². The molecule has 0 spiro atoms. The van der Waals surface area contributed by atoms with Gasteiger partial charge in [-0.1, -0.05) is 23.7 Å². The highest BCUT2D eigenvalue weighted by molar-refractivity contribution is 14.1. The Morgan fingerprint density at radius 1 is 1.03 bits per heavy atom. The third kappa shape index (κ3) is 5.32. The fraction of sp³-hybridized carbons (Fsp3) is 0.0435. The molecule has 0 fully saturated rings. The second-order valence-electron chi connectivity index (χ2n) is 7.01. The summed E-state index contributed by atoms with van der Waals surface area (Å²) in [5.41, 5.74) is 8.65. The van der Waals surface area contributed by atoms with Crippen LogP contribution in [-0.2, 0) is 0 Å². The van der Waals surface area contributed by atoms with Gasteiger partial charge < -0.3 is 10.3 Å². The first-order valence-corrected chi connectivity index (χ1v) is 11.3. The van der Waals surface area contributed by atoms with Crippen LogP contribution in [0.4, 0.5) is 11.6 Å². The number of aryl methyl sites for hydroxylation is 1. The van der Waals surface area contributed by atoms with Gasteiger partial charge in [0, 0.05) is 27.2 Å². The molecule has 0 aliphatic carbocycles. The standard InChI is InChI=1S/C23H18ClIN6O2/c1-13-7-8-14(21(32)30-31-22(33)20-15(24)4-2-5-16(20)25)12-19(13)29-23-27-11-9-18(28-23)17-6-3-10-26-17/h2-12,26H,1H3,(H,30,32)(H,31,33)(H,27,28,29). The van der Waals surface area contributed by atoms with E-state index < -0.39 is 11.8 Å². The zero-order valence-electron chi connectivity index (χ0n) is 17.3. The van der Waals surface area contributed by atoms with Crippen LogP contribution in [0.25, 0.3) is 11.4 Å². The Labute approximate surface area is 208 Å². The number of carbonyl (C=O) groups excluding carboxylic acids is 2. The Bertz CT molecular complexity index is 1310. The Morgan fingerprint density at radius 3 is 2.61 bits per heavy atom. The molecule has 4 aromatic rings. The average molecular weight is 573 g/mol. The van der Waals surface area contributed by atoms with E-state index in [1.54, 1.807) is 48.7 Å². The molecule has 2 amide bonds. The van der Waals surface area contributed by atoms with E-state index in [-0.39, 0.29) is 0 Å². The molecule has 4 rings (SSSR count). The predicted molar refractivity (Wildman–Crippen MR) is 135 cm³/mol. The quantitative estimate of drug-likeness (QED) is 0.202. The number of carbonyl (C=O) groups is 2. The molecule has 10 heteroatoms. The van der Waals surface area contributed by atoms with E-state index in [0.29, 0.717) is 31.4 Å². The van der Waals surface area contributed by atoms with Crippen LogP contribution in [0.3, 0.4) is 0 Å². The van der Waals surface area contributed by atoms with Gasteiger partial charge in [0.25, 0.3) is 11.8 Å². The van der Waals surface area contributed by atoms with Crippen LogP contribution < -0.4 is 16.2 Å². The number of H-pyrrole nitrogens is 1. The van der Waals surface area contributed by atoms with Gasteiger partial charge in [-0.05, 0) is 77.5 Å². The lowest BCUT2D eigenvalue weighted by atomic mass is 10.1. The number of aromatic nitrogens is 3. The number of rotatable bonds is 5. The summed E-state index contributed by atoms with van der Waals surface area (Å²) in [5, 5.41) is 3.46. The molecule has 8 nitrogen and oxygen atoms in total. The Balaban J connectivity index is 1.47. The number of anilines is 2. The minimum atomic E-state index is -0.502. The van der Waals surface area contributed by atoms with Gasteiger partial charge in [0.1, 0.15) is 0 Å². The summed E-state index contributed by atoms with van der Waals surface area (Å²) in [4.78, 5) is 37.0. The molecule has 4 N–H and O–H groups in total. The average Bonchev–Trinajstić information content (AvgIpc) is 3.34. The molecule has 2 heterocycles. The van der Waals surface area contributed by atoms with Gasteiger partial charge in [-0.2, -0.15) is 0 Å². The number of amides is 2. The first-order chi connectivity index (χ1) is 15.9. The van der Waals surface area contributed by atoms with Gasteiger partial charge in [-0.3, -0.25) is 20.4 Å². The summed E-state index contributed by atoms with van der Waals surface area (Å²) in [6.07, 6.45) is 3.48. The van der Waals surface area contributed by atoms with Crippen LogP contribution in [0.1, 0.15) is 26.3 Å². The lowest BCUT2D eigenvalue weighted by Crippen LogP contribution is -2.42. The number of halogens is 2. The molecule has 0 bridgehead atoms. The van der Waals surface area contributed by atoms with Crippen LogP contribution in [-0.4, -0.2) is 26.8 Å². The van der Waals surface area contributed by atoms with Crippen LogP contribution >= 0.6 is 34.2 Å². The minimum absolute atomic E-state index is 0.297. The number of aromatic amines is 1. The van der Waals surface area contributed by atoms with Crippen molar-refractivity contribution < 1.29 is 9.59 Å². The third-order valence-corrected chi connectivity index (χ3v) is 5.97. The highest BCUT2D eigenvalue weighted by Crippen LogP contribution is 2.23. The molecule has 0 aliphatic heterocycles. The first kappa shape index (κ1) is 22.7. The predicted octanol–water partition coefficient (Wildman–Crippen LogP) is 4.86. The Hall–Kier alpha value is -3.44. The van der Waals surface area contributed by atoms with Crippen molar-refractivity contribution in [3.05, 3.63) is 92.3 Å². The molecule has 2 aromatic heterocycles. The molecular formula is C23H18ClIN6O2. The molecule has 166 valence electrons. The maximum atomic E-state index is 12.7. The fourth-order valence-electron chi connectivity index (χ4n) is 3.04. The fourth-order valence-corrected chi connectivity index (χ4v) is 4.20. The Kier molecular flexibility index (Phi) is 6.90. The Morgan fingerprint density at radius 2 is 1.85 bits per heavy atom. The summed E-state index contributed by atoms with van der Waals surface area (Å²) < 4.78 is 0.676. The van der Waals surface area contributed by atoms with Crippen LogP contribution in [0.15, 0.2) is 67.0 Å². The van der Waals surface area contributed by atoms with Gasteiger partial charge in [0.2, 0.25) is 5.95 Å². The lowest BCUT2D eigenvalue weighted by molar-refractivity contribution is 0.0846. The van der Waals surface area contributed by atoms with E-state index in [0.717, 1.165) is 17.0 Å². The summed E-state index contributed by atoms with van der Waals surface area (Å²) in [7, 11) is 0. The summed E-state index contributed by atoms with van der Waals surface area (Å²) in [5.74, 6) is -0.586. The minimum Gasteiger partial charge on any atom is -0.360 e. The maximum absolute atomic E-state index is 12.7. The second kappa shape index (κ2) is 10.0. The summed E-state index contributed by atoms with van der Waals surface area (Å²) in [6, 6.07) is 15.9. The van der Waals surface area contributed by atoms with Crippen molar-refractivity contribution in [1.82, 2.24) is 25.8 Å². The van der Waals surface area contributed by atoms with Crippen molar-refractivity contribution in [2.45, 2.75) is 6.92 Å². The molecule has 33 heavy (non-hydrogen) atoms. The highest BCUT2D eigenvalue weighted by Gasteiger charge is 2.16. The molecule has 0 aliphatic rings. The van der Waals surface area contributed by atoms with Crippen LogP contribution in [0.2, 0.25) is 5.02 Å². The highest BCUT2D eigenvalue weighted by atomic mass is 127. The van der Waals surface area contributed by atoms with Gasteiger partial charge in [0.05, 0.1) is 22.0 Å². The van der Waals surface area contributed by atoms with E-state index in [4.69, 9.17) is 11.6 Å². The SMILES string of the molecule is Cc1ccc(C(=O)NNC(=O)c2c(Cl)cccc2I)cc1Nc1nccc(-c2ccc[nH]2)n1. The van der Waals surface area contributed by atoms with Crippen molar-refractivity contribution in [3.8, 4) is 11.4 Å². The van der Waals surface area contributed by atoms with E-state index in [1.165, 1.54) is 0 Å². The summed E-state index contributed by atoms with van der Waals surface area (Å²) >= 11 is 8.13. The number of nitrogens with zero attached hydrogens (tertiary/aromatic N) is 2. The van der Waals surface area contributed by atoms with E-state index in [9.17, 15) is 9.59 Å². The van der Waals surface area contributed by atoms with E-state index in [2.05, 4.69) is 31.1 Å². The third-order valence-electron chi connectivity index (χ3n) is 4.76. The maximum Gasteiger partial charge on any atom is 0.272 e. The molecule has 0 atom stereocenters. The van der Waals surface area contributed by atoms with Crippen molar-refractivity contribution in [1.29, 1.82) is 0 Å². The topological polar surface area (TPSA) is 112 Å². The van der Waals surface area contributed by atoms with E-state index >= 15 is 0 Å². The van der Waals surface area contributed by atoms with Gasteiger partial charge in [0.15, 0.2) is 0 Å². The van der Waals surface area contributed by atoms with Crippen LogP contribution in [0.5, 0.6) is 0 Å². The molecule has 0 radical (unpaired) electrons. The lowest BCUT2D eigenvalue weighted by Gasteiger charge is -2.12. The molecule has 0 saturated carbocycles. The largest absolute Gasteiger partial charge is 0.360 e. The van der Waals surface area contributed by atoms with Crippen molar-refractivity contribution >= 4 is 57.6 Å². The monoisotopic (exact) mass is 572 g/mol. The number of nitrogens with one attached hydrogen (secondary N) is 4. The molecule has 2 aromatic carbocycles. The first-order valence-electron chi connectivity index (χ1n) is 9.81. The zero-order chi connectivity index (χ0) is 23.4. The molecule has 0 saturated heterocycles. The molecule has 0 unspecified atom stereocenters. The van der Waals surface area contributed by atoms with Crippen molar-refractivity contribution in [2.75, 3.05) is 5.32 Å². The molecular weight excluding hydrogens is 555 g/mol. The van der Waals surface area contributed by atoms with Crippen molar-refractivity contribution in [2.24, 2.45) is 0 Å². The van der Waals surface area contributed by atoms with Gasteiger partial charge in [-0.25, -0.2) is 9.97 Å². The normalized spacial score (nSPS) is 10.5. The summed E-state index contributed by atoms with van der Waals surface area (Å²) in [6.45, 7) is 1.90. The van der Waals surface area contributed by atoms with Gasteiger partial charge in [-0.15, -0.1) is 0 Å². The number of benzene rings is 2. The smallest absolute Gasteiger partial charge is 0.272 e.